The average molecular weight is 301 g/mol. The molecule has 0 aliphatic rings. The number of nitrogens with zero attached hydrogens (tertiary/aromatic N) is 2. The van der Waals surface area contributed by atoms with E-state index in [1.807, 2.05) is 24.5 Å². The van der Waals surface area contributed by atoms with Gasteiger partial charge < -0.3 is 10.1 Å². The van der Waals surface area contributed by atoms with E-state index in [0.717, 1.165) is 34.3 Å². The highest BCUT2D eigenvalue weighted by Gasteiger charge is 2.10. The van der Waals surface area contributed by atoms with Crippen LogP contribution in [0.25, 0.3) is 0 Å². The Bertz CT molecular complexity index is 627. The molecular formula is C15H15N3O2S. The maximum absolute atomic E-state index is 11.5. The van der Waals surface area contributed by atoms with Crippen molar-refractivity contribution in [2.75, 3.05) is 11.9 Å². The van der Waals surface area contributed by atoms with Crippen LogP contribution < -0.4 is 5.32 Å². The molecule has 1 rings (SSSR count). The average Bonchev–Trinajstić information content (AvgIpc) is 2.49. The molecule has 0 unspecified atom stereocenters. The van der Waals surface area contributed by atoms with Crippen LogP contribution in [-0.2, 0) is 16.0 Å². The first-order valence-corrected chi connectivity index (χ1v) is 7.20. The van der Waals surface area contributed by atoms with Gasteiger partial charge in [-0.15, -0.1) is 0 Å². The Balaban J connectivity index is 2.95. The monoisotopic (exact) mass is 301 g/mol. The molecule has 0 aromatic heterocycles. The van der Waals surface area contributed by atoms with Gasteiger partial charge in [0.1, 0.15) is 11.5 Å². The fraction of sp³-hybridized carbons (Fsp3) is 0.267. The third-order valence-electron chi connectivity index (χ3n) is 2.61. The summed E-state index contributed by atoms with van der Waals surface area (Å²) in [4.78, 5) is 12.4. The van der Waals surface area contributed by atoms with Crippen LogP contribution in [0, 0.1) is 22.0 Å². The van der Waals surface area contributed by atoms with E-state index >= 15 is 0 Å². The van der Waals surface area contributed by atoms with Crippen LogP contribution in [0.4, 0.5) is 5.69 Å². The lowest BCUT2D eigenvalue weighted by Gasteiger charge is -2.09. The minimum atomic E-state index is -0.651. The summed E-state index contributed by atoms with van der Waals surface area (Å²) in [6, 6.07) is 7.33. The number of carbonyl (C=O) groups is 1. The van der Waals surface area contributed by atoms with Crippen molar-refractivity contribution >= 4 is 23.4 Å². The van der Waals surface area contributed by atoms with E-state index in [-0.39, 0.29) is 12.2 Å². The molecule has 0 saturated heterocycles. The Morgan fingerprint density at radius 2 is 2.19 bits per heavy atom. The molecule has 0 aliphatic carbocycles. The zero-order chi connectivity index (χ0) is 15.7. The van der Waals surface area contributed by atoms with Crippen LogP contribution >= 0.6 is 11.8 Å². The van der Waals surface area contributed by atoms with Gasteiger partial charge in [0.05, 0.1) is 6.61 Å². The Morgan fingerprint density at radius 3 is 2.76 bits per heavy atom. The molecule has 0 saturated carbocycles. The van der Waals surface area contributed by atoms with Gasteiger partial charge in [0.15, 0.2) is 5.57 Å². The van der Waals surface area contributed by atoms with Gasteiger partial charge in [-0.1, -0.05) is 6.92 Å². The first-order valence-electron chi connectivity index (χ1n) is 6.39. The minimum Gasteiger partial charge on any atom is -0.462 e. The van der Waals surface area contributed by atoms with Crippen molar-refractivity contribution in [2.24, 2.45) is 0 Å². The van der Waals surface area contributed by atoms with E-state index in [9.17, 15) is 4.79 Å². The molecule has 1 N–H and O–H groups in total. The highest BCUT2D eigenvalue weighted by atomic mass is 32.2. The fourth-order valence-corrected chi connectivity index (χ4v) is 2.06. The third-order valence-corrected chi connectivity index (χ3v) is 3.19. The number of nitrogens with one attached hydrogen (secondary N) is 1. The molecule has 0 amide bonds. The molecule has 6 heteroatoms. The second-order valence-corrected chi connectivity index (χ2v) is 4.76. The summed E-state index contributed by atoms with van der Waals surface area (Å²) >= 11 is 1.09. The van der Waals surface area contributed by atoms with Crippen molar-refractivity contribution < 1.29 is 9.53 Å². The maximum atomic E-state index is 11.5. The second kappa shape index (κ2) is 8.68. The maximum Gasteiger partial charge on any atom is 0.350 e. The van der Waals surface area contributed by atoms with E-state index in [1.165, 1.54) is 6.20 Å². The van der Waals surface area contributed by atoms with Crippen LogP contribution in [0.5, 0.6) is 0 Å². The fourth-order valence-electron chi connectivity index (χ4n) is 1.62. The number of rotatable bonds is 6. The summed E-state index contributed by atoms with van der Waals surface area (Å²) in [6.45, 7) is 3.89. The van der Waals surface area contributed by atoms with Crippen molar-refractivity contribution in [1.29, 1.82) is 10.5 Å². The van der Waals surface area contributed by atoms with E-state index in [1.54, 1.807) is 19.1 Å². The molecule has 0 atom stereocenters. The van der Waals surface area contributed by atoms with E-state index < -0.39 is 5.97 Å². The van der Waals surface area contributed by atoms with Crippen molar-refractivity contribution in [1.82, 2.24) is 0 Å². The Kier molecular flexibility index (Phi) is 6.86. The number of esters is 1. The van der Waals surface area contributed by atoms with Crippen LogP contribution in [-0.4, -0.2) is 12.6 Å². The number of anilines is 1. The topological polar surface area (TPSA) is 85.9 Å². The standard InChI is InChI=1S/C15H15N3O2S/c1-3-11-7-13(21-10-17)5-6-14(11)18-9-12(8-16)15(19)20-4-2/h5-7,9,18H,3-4H2,1-2H3/b12-9+. The summed E-state index contributed by atoms with van der Waals surface area (Å²) in [5.41, 5.74) is 1.69. The zero-order valence-corrected chi connectivity index (χ0v) is 12.7. The summed E-state index contributed by atoms with van der Waals surface area (Å²) < 4.78 is 4.78. The molecule has 0 bridgehead atoms. The third kappa shape index (κ3) is 4.87. The normalized spacial score (nSPS) is 10.4. The van der Waals surface area contributed by atoms with Crippen LogP contribution in [0.2, 0.25) is 0 Å². The zero-order valence-electron chi connectivity index (χ0n) is 11.8. The van der Waals surface area contributed by atoms with Crippen LogP contribution in [0.15, 0.2) is 34.9 Å². The molecule has 0 aliphatic heterocycles. The summed E-state index contributed by atoms with van der Waals surface area (Å²) in [5, 5.41) is 22.6. The molecule has 1 aromatic rings. The van der Waals surface area contributed by atoms with Gasteiger partial charge >= 0.3 is 5.97 Å². The lowest BCUT2D eigenvalue weighted by atomic mass is 10.1. The summed E-state index contributed by atoms with van der Waals surface area (Å²) in [6.07, 6.45) is 2.10. The number of ether oxygens (including phenoxy) is 1. The van der Waals surface area contributed by atoms with E-state index in [2.05, 4.69) is 5.32 Å². The minimum absolute atomic E-state index is 0.0885. The van der Waals surface area contributed by atoms with Gasteiger partial charge in [0, 0.05) is 16.8 Å². The molecule has 5 nitrogen and oxygen atoms in total. The number of nitriles is 2. The number of thioether (sulfide) groups is 1. The van der Waals surface area contributed by atoms with Gasteiger partial charge in [0.2, 0.25) is 0 Å². The van der Waals surface area contributed by atoms with Crippen LogP contribution in [0.3, 0.4) is 0 Å². The summed E-state index contributed by atoms with van der Waals surface area (Å²) in [5.74, 6) is -0.651. The quantitative estimate of drug-likeness (QED) is 0.285. The number of hydrogen-bond acceptors (Lipinski definition) is 6. The van der Waals surface area contributed by atoms with Crippen molar-refractivity contribution in [3.05, 3.63) is 35.5 Å². The highest BCUT2D eigenvalue weighted by Crippen LogP contribution is 2.24. The number of carbonyl (C=O) groups excluding carboxylic acids is 1. The van der Waals surface area contributed by atoms with Gasteiger partial charge in [-0.25, -0.2) is 4.79 Å². The van der Waals surface area contributed by atoms with E-state index in [0.29, 0.717) is 0 Å². The lowest BCUT2D eigenvalue weighted by molar-refractivity contribution is -0.138. The van der Waals surface area contributed by atoms with E-state index in [4.69, 9.17) is 15.3 Å². The van der Waals surface area contributed by atoms with Crippen molar-refractivity contribution in [3.8, 4) is 11.5 Å². The predicted molar refractivity (Wildman–Crippen MR) is 81.2 cm³/mol. The Labute approximate surface area is 128 Å². The van der Waals surface area contributed by atoms with Gasteiger partial charge in [-0.2, -0.15) is 10.5 Å². The summed E-state index contributed by atoms with van der Waals surface area (Å²) in [7, 11) is 0. The molecule has 0 radical (unpaired) electrons. The smallest absolute Gasteiger partial charge is 0.350 e. The Morgan fingerprint density at radius 1 is 1.43 bits per heavy atom. The molecule has 0 fully saturated rings. The van der Waals surface area contributed by atoms with Crippen molar-refractivity contribution in [2.45, 2.75) is 25.2 Å². The number of aryl methyl sites for hydroxylation is 1. The Hall–Kier alpha value is -2.44. The largest absolute Gasteiger partial charge is 0.462 e. The number of benzene rings is 1. The first-order chi connectivity index (χ1) is 10.2. The molecular weight excluding hydrogens is 286 g/mol. The molecule has 0 spiro atoms. The van der Waals surface area contributed by atoms with Gasteiger partial charge in [0.25, 0.3) is 0 Å². The predicted octanol–water partition coefficient (Wildman–Crippen LogP) is 3.20. The molecule has 108 valence electrons. The first kappa shape index (κ1) is 16.6. The SMILES string of the molecule is CCOC(=O)/C(C#N)=C/Nc1ccc(SC#N)cc1CC. The number of thiocyanates is 1. The highest BCUT2D eigenvalue weighted by molar-refractivity contribution is 8.03. The molecule has 1 aromatic carbocycles. The van der Waals surface area contributed by atoms with Crippen LogP contribution in [0.1, 0.15) is 19.4 Å². The molecule has 21 heavy (non-hydrogen) atoms. The van der Waals surface area contributed by atoms with Crippen molar-refractivity contribution in [3.63, 3.8) is 0 Å². The second-order valence-electron chi connectivity index (χ2n) is 3.90. The molecule has 0 heterocycles. The van der Waals surface area contributed by atoms with Gasteiger partial charge in [-0.3, -0.25) is 0 Å². The lowest BCUT2D eigenvalue weighted by Crippen LogP contribution is -2.08. The van der Waals surface area contributed by atoms with Gasteiger partial charge in [-0.05, 0) is 48.9 Å². The number of hydrogen-bond donors (Lipinski definition) is 1.